The molecular formula is C13H17ClN4. The van der Waals surface area contributed by atoms with Crippen molar-refractivity contribution in [3.63, 3.8) is 0 Å². The summed E-state index contributed by atoms with van der Waals surface area (Å²) in [4.78, 5) is 2.46. The minimum atomic E-state index is 0.659. The molecule has 0 spiro atoms. The monoisotopic (exact) mass is 264 g/mol. The van der Waals surface area contributed by atoms with Crippen LogP contribution in [0.5, 0.6) is 0 Å². The first kappa shape index (κ1) is 11.9. The standard InChI is InChI=1S/C13H17ClN4/c14-11-6-5-9-18-12(15-16-13(11)18)10-17-7-3-1-2-4-8-17/h5-6,9H,1-4,7-8,10H2. The first-order valence-corrected chi connectivity index (χ1v) is 6.93. The predicted molar refractivity (Wildman–Crippen MR) is 71.7 cm³/mol. The summed E-state index contributed by atoms with van der Waals surface area (Å²) in [7, 11) is 0. The van der Waals surface area contributed by atoms with Gasteiger partial charge in [-0.25, -0.2) is 0 Å². The van der Waals surface area contributed by atoms with Crippen molar-refractivity contribution >= 4 is 17.2 Å². The molecule has 4 nitrogen and oxygen atoms in total. The van der Waals surface area contributed by atoms with Crippen molar-refractivity contribution in [2.24, 2.45) is 0 Å². The van der Waals surface area contributed by atoms with Crippen molar-refractivity contribution in [3.05, 3.63) is 29.2 Å². The molecule has 1 aliphatic rings. The highest BCUT2D eigenvalue weighted by Crippen LogP contribution is 2.17. The van der Waals surface area contributed by atoms with Gasteiger partial charge in [0.25, 0.3) is 0 Å². The van der Waals surface area contributed by atoms with Crippen molar-refractivity contribution in [1.82, 2.24) is 19.5 Å². The third-order valence-electron chi connectivity index (χ3n) is 3.52. The van der Waals surface area contributed by atoms with Gasteiger partial charge >= 0.3 is 0 Å². The number of halogens is 1. The van der Waals surface area contributed by atoms with Crippen molar-refractivity contribution in [2.45, 2.75) is 32.2 Å². The maximum atomic E-state index is 6.10. The number of nitrogens with zero attached hydrogens (tertiary/aromatic N) is 4. The van der Waals surface area contributed by atoms with Gasteiger partial charge < -0.3 is 0 Å². The number of aromatic nitrogens is 3. The Bertz CT molecular complexity index is 529. The van der Waals surface area contributed by atoms with Crippen molar-refractivity contribution in [3.8, 4) is 0 Å². The van der Waals surface area contributed by atoms with Crippen LogP contribution < -0.4 is 0 Å². The number of rotatable bonds is 2. The van der Waals surface area contributed by atoms with E-state index in [9.17, 15) is 0 Å². The van der Waals surface area contributed by atoms with E-state index < -0.39 is 0 Å². The van der Waals surface area contributed by atoms with Crippen LogP contribution in [-0.2, 0) is 6.54 Å². The molecule has 0 amide bonds. The summed E-state index contributed by atoms with van der Waals surface area (Å²) < 4.78 is 1.99. The molecule has 2 aromatic rings. The quantitative estimate of drug-likeness (QED) is 0.836. The molecule has 96 valence electrons. The summed E-state index contributed by atoms with van der Waals surface area (Å²) in [5.74, 6) is 0.981. The van der Waals surface area contributed by atoms with E-state index in [1.165, 1.54) is 25.7 Å². The maximum Gasteiger partial charge on any atom is 0.179 e. The van der Waals surface area contributed by atoms with Crippen LogP contribution in [0, 0.1) is 0 Å². The molecule has 0 saturated carbocycles. The number of hydrogen-bond acceptors (Lipinski definition) is 3. The molecule has 3 rings (SSSR count). The van der Waals surface area contributed by atoms with Gasteiger partial charge in [0.05, 0.1) is 11.6 Å². The first-order valence-electron chi connectivity index (χ1n) is 6.55. The second-order valence-electron chi connectivity index (χ2n) is 4.86. The van der Waals surface area contributed by atoms with E-state index in [1.54, 1.807) is 0 Å². The van der Waals surface area contributed by atoms with E-state index in [4.69, 9.17) is 11.6 Å². The van der Waals surface area contributed by atoms with E-state index in [2.05, 4.69) is 15.1 Å². The van der Waals surface area contributed by atoms with E-state index in [0.29, 0.717) is 5.02 Å². The molecule has 1 saturated heterocycles. The molecule has 0 atom stereocenters. The Hall–Kier alpha value is -1.13. The lowest BCUT2D eigenvalue weighted by Crippen LogP contribution is -2.25. The van der Waals surface area contributed by atoms with Crippen molar-refractivity contribution in [2.75, 3.05) is 13.1 Å². The molecule has 1 aliphatic heterocycles. The molecule has 2 aromatic heterocycles. The molecule has 5 heteroatoms. The Morgan fingerprint density at radius 3 is 2.67 bits per heavy atom. The van der Waals surface area contributed by atoms with Gasteiger partial charge in [-0.15, -0.1) is 10.2 Å². The maximum absolute atomic E-state index is 6.10. The second kappa shape index (κ2) is 5.24. The summed E-state index contributed by atoms with van der Waals surface area (Å²) in [6, 6.07) is 3.78. The van der Waals surface area contributed by atoms with Gasteiger partial charge in [0.2, 0.25) is 0 Å². The van der Waals surface area contributed by atoms with Gasteiger partial charge in [0, 0.05) is 6.20 Å². The molecular weight excluding hydrogens is 248 g/mol. The van der Waals surface area contributed by atoms with Crippen LogP contribution in [0.3, 0.4) is 0 Å². The highest BCUT2D eigenvalue weighted by atomic mass is 35.5. The van der Waals surface area contributed by atoms with Crippen LogP contribution >= 0.6 is 11.6 Å². The third kappa shape index (κ3) is 2.35. The lowest BCUT2D eigenvalue weighted by Gasteiger charge is -2.18. The topological polar surface area (TPSA) is 33.4 Å². The lowest BCUT2D eigenvalue weighted by molar-refractivity contribution is 0.269. The van der Waals surface area contributed by atoms with Crippen LogP contribution in [0.2, 0.25) is 5.02 Å². The fourth-order valence-electron chi connectivity index (χ4n) is 2.53. The zero-order valence-corrected chi connectivity index (χ0v) is 11.1. The molecule has 3 heterocycles. The number of pyridine rings is 1. The highest BCUT2D eigenvalue weighted by molar-refractivity contribution is 6.33. The highest BCUT2D eigenvalue weighted by Gasteiger charge is 2.14. The molecule has 0 radical (unpaired) electrons. The summed E-state index contributed by atoms with van der Waals surface area (Å²) in [6.45, 7) is 3.19. The fraction of sp³-hybridized carbons (Fsp3) is 0.538. The van der Waals surface area contributed by atoms with Crippen LogP contribution in [0.15, 0.2) is 18.3 Å². The fourth-order valence-corrected chi connectivity index (χ4v) is 2.73. The van der Waals surface area contributed by atoms with Crippen LogP contribution in [0.1, 0.15) is 31.5 Å². The van der Waals surface area contributed by atoms with Gasteiger partial charge in [-0.1, -0.05) is 24.4 Å². The predicted octanol–water partition coefficient (Wildman–Crippen LogP) is 2.76. The zero-order valence-electron chi connectivity index (χ0n) is 10.3. The number of hydrogen-bond donors (Lipinski definition) is 0. The molecule has 0 unspecified atom stereocenters. The van der Waals surface area contributed by atoms with Gasteiger partial charge in [-0.2, -0.15) is 0 Å². The van der Waals surface area contributed by atoms with Crippen molar-refractivity contribution < 1.29 is 0 Å². The van der Waals surface area contributed by atoms with E-state index in [-0.39, 0.29) is 0 Å². The van der Waals surface area contributed by atoms with Crippen LogP contribution in [0.25, 0.3) is 5.65 Å². The summed E-state index contributed by atoms with van der Waals surface area (Å²) in [6.07, 6.45) is 7.26. The molecule has 1 fully saturated rings. The SMILES string of the molecule is Clc1cccn2c(CN3CCCCCC3)nnc12. The zero-order chi connectivity index (χ0) is 12.4. The average Bonchev–Trinajstić information content (AvgIpc) is 2.61. The van der Waals surface area contributed by atoms with Gasteiger partial charge in [0.15, 0.2) is 11.5 Å². The second-order valence-corrected chi connectivity index (χ2v) is 5.26. The Kier molecular flexibility index (Phi) is 3.48. The van der Waals surface area contributed by atoms with Crippen molar-refractivity contribution in [1.29, 1.82) is 0 Å². The Morgan fingerprint density at radius 1 is 1.11 bits per heavy atom. The molecule has 0 bridgehead atoms. The average molecular weight is 265 g/mol. The van der Waals surface area contributed by atoms with E-state index in [1.807, 2.05) is 22.7 Å². The minimum Gasteiger partial charge on any atom is -0.296 e. The van der Waals surface area contributed by atoms with Crippen LogP contribution in [0.4, 0.5) is 0 Å². The lowest BCUT2D eigenvalue weighted by atomic mass is 10.2. The van der Waals surface area contributed by atoms with Crippen LogP contribution in [-0.4, -0.2) is 32.6 Å². The first-order chi connectivity index (χ1) is 8.84. The van der Waals surface area contributed by atoms with E-state index >= 15 is 0 Å². The third-order valence-corrected chi connectivity index (χ3v) is 3.82. The smallest absolute Gasteiger partial charge is 0.179 e. The normalized spacial score (nSPS) is 18.1. The summed E-state index contributed by atoms with van der Waals surface area (Å²) in [5, 5.41) is 9.09. The van der Waals surface area contributed by atoms with E-state index in [0.717, 1.165) is 31.1 Å². The minimum absolute atomic E-state index is 0.659. The summed E-state index contributed by atoms with van der Waals surface area (Å²) >= 11 is 6.10. The van der Waals surface area contributed by atoms with Gasteiger partial charge in [0.1, 0.15) is 0 Å². The summed E-state index contributed by atoms with van der Waals surface area (Å²) in [5.41, 5.74) is 0.754. The van der Waals surface area contributed by atoms with Gasteiger partial charge in [-0.05, 0) is 38.1 Å². The molecule has 0 aromatic carbocycles. The van der Waals surface area contributed by atoms with Gasteiger partial charge in [-0.3, -0.25) is 9.30 Å². The molecule has 0 N–H and O–H groups in total. The number of likely N-dealkylation sites (tertiary alicyclic amines) is 1. The largest absolute Gasteiger partial charge is 0.296 e. The Labute approximate surface area is 112 Å². The number of fused-ring (bicyclic) bond motifs is 1. The molecule has 18 heavy (non-hydrogen) atoms. The Morgan fingerprint density at radius 2 is 1.89 bits per heavy atom. The molecule has 0 aliphatic carbocycles. The Balaban J connectivity index is 1.83.